The van der Waals surface area contributed by atoms with Crippen molar-refractivity contribution in [2.45, 2.75) is 25.3 Å². The molecule has 1 N–H and O–H groups in total. The Balaban J connectivity index is 1.80. The number of amides is 2. The predicted molar refractivity (Wildman–Crippen MR) is 101 cm³/mol. The van der Waals surface area contributed by atoms with Crippen molar-refractivity contribution in [3.63, 3.8) is 0 Å². The van der Waals surface area contributed by atoms with Crippen molar-refractivity contribution < 1.29 is 23.5 Å². The minimum Gasteiger partial charge on any atom is -0.469 e. The molecule has 6 nitrogen and oxygen atoms in total. The second kappa shape index (κ2) is 8.65. The summed E-state index contributed by atoms with van der Waals surface area (Å²) in [5.41, 5.74) is 1.63. The van der Waals surface area contributed by atoms with Crippen LogP contribution in [-0.2, 0) is 14.3 Å². The summed E-state index contributed by atoms with van der Waals surface area (Å²) in [5, 5.41) is 2.80. The Morgan fingerprint density at radius 1 is 1.21 bits per heavy atom. The van der Waals surface area contributed by atoms with Crippen molar-refractivity contribution in [3.8, 4) is 0 Å². The van der Waals surface area contributed by atoms with Crippen molar-refractivity contribution in [3.05, 3.63) is 65.5 Å². The van der Waals surface area contributed by atoms with E-state index in [-0.39, 0.29) is 12.3 Å². The molecule has 28 heavy (non-hydrogen) atoms. The van der Waals surface area contributed by atoms with Crippen molar-refractivity contribution in [1.82, 2.24) is 5.32 Å². The molecule has 2 amide bonds. The first kappa shape index (κ1) is 19.5. The van der Waals surface area contributed by atoms with Gasteiger partial charge in [0.15, 0.2) is 0 Å². The fourth-order valence-electron chi connectivity index (χ4n) is 3.18. The molecule has 1 aliphatic heterocycles. The van der Waals surface area contributed by atoms with Gasteiger partial charge in [0.2, 0.25) is 5.91 Å². The SMILES string of the molecule is COC(=O)CC(NC(=O)c1cccc(N2CCCC2=O)c1)c1ccc(F)cc1. The van der Waals surface area contributed by atoms with Gasteiger partial charge in [-0.15, -0.1) is 0 Å². The molecular formula is C21H21FN2O4. The number of carbonyl (C=O) groups excluding carboxylic acids is 3. The molecule has 1 heterocycles. The van der Waals surface area contributed by atoms with Crippen LogP contribution in [0.25, 0.3) is 0 Å². The van der Waals surface area contributed by atoms with Crippen molar-refractivity contribution in [2.24, 2.45) is 0 Å². The van der Waals surface area contributed by atoms with Crippen LogP contribution in [0.3, 0.4) is 0 Å². The summed E-state index contributed by atoms with van der Waals surface area (Å²) >= 11 is 0. The summed E-state index contributed by atoms with van der Waals surface area (Å²) in [7, 11) is 1.27. The maximum Gasteiger partial charge on any atom is 0.307 e. The van der Waals surface area contributed by atoms with Crippen LogP contribution in [0.2, 0.25) is 0 Å². The second-order valence-electron chi connectivity index (χ2n) is 6.56. The highest BCUT2D eigenvalue weighted by molar-refractivity contribution is 5.99. The minimum atomic E-state index is -0.669. The first-order valence-electron chi connectivity index (χ1n) is 9.01. The Hall–Kier alpha value is -3.22. The van der Waals surface area contributed by atoms with Crippen LogP contribution in [0.15, 0.2) is 48.5 Å². The van der Waals surface area contributed by atoms with Gasteiger partial charge in [-0.3, -0.25) is 14.4 Å². The number of ether oxygens (including phenoxy) is 1. The molecule has 3 rings (SSSR count). The monoisotopic (exact) mass is 384 g/mol. The molecular weight excluding hydrogens is 363 g/mol. The van der Waals surface area contributed by atoms with Crippen LogP contribution < -0.4 is 10.2 Å². The molecule has 0 bridgehead atoms. The number of halogens is 1. The summed E-state index contributed by atoms with van der Waals surface area (Å²) in [4.78, 5) is 38.1. The fraction of sp³-hybridized carbons (Fsp3) is 0.286. The van der Waals surface area contributed by atoms with Crippen LogP contribution in [0.4, 0.5) is 10.1 Å². The maximum absolute atomic E-state index is 13.2. The number of hydrogen-bond donors (Lipinski definition) is 1. The number of anilines is 1. The number of benzene rings is 2. The molecule has 7 heteroatoms. The van der Waals surface area contributed by atoms with Crippen LogP contribution in [0.1, 0.15) is 41.2 Å². The predicted octanol–water partition coefficient (Wildman–Crippen LogP) is 2.99. The Morgan fingerprint density at radius 3 is 2.61 bits per heavy atom. The molecule has 1 fully saturated rings. The van der Waals surface area contributed by atoms with Gasteiger partial charge in [-0.2, -0.15) is 0 Å². The molecule has 0 aromatic heterocycles. The first-order valence-corrected chi connectivity index (χ1v) is 9.01. The maximum atomic E-state index is 13.2. The minimum absolute atomic E-state index is 0.0347. The molecule has 1 saturated heterocycles. The lowest BCUT2D eigenvalue weighted by atomic mass is 10.0. The van der Waals surface area contributed by atoms with Crippen LogP contribution in [0, 0.1) is 5.82 Å². The average molecular weight is 384 g/mol. The van der Waals surface area contributed by atoms with E-state index in [1.54, 1.807) is 29.2 Å². The normalized spacial score (nSPS) is 14.6. The van der Waals surface area contributed by atoms with Gasteiger partial charge in [0.05, 0.1) is 19.6 Å². The average Bonchev–Trinajstić information content (AvgIpc) is 3.14. The van der Waals surface area contributed by atoms with Gasteiger partial charge < -0.3 is 15.0 Å². The lowest BCUT2D eigenvalue weighted by molar-refractivity contribution is -0.141. The highest BCUT2D eigenvalue weighted by atomic mass is 19.1. The zero-order chi connectivity index (χ0) is 20.1. The first-order chi connectivity index (χ1) is 13.5. The quantitative estimate of drug-likeness (QED) is 0.777. The highest BCUT2D eigenvalue weighted by Crippen LogP contribution is 2.23. The second-order valence-corrected chi connectivity index (χ2v) is 6.56. The lowest BCUT2D eigenvalue weighted by Crippen LogP contribution is -2.31. The summed E-state index contributed by atoms with van der Waals surface area (Å²) in [6, 6.07) is 11.7. The number of hydrogen-bond acceptors (Lipinski definition) is 4. The Kier molecular flexibility index (Phi) is 6.03. The van der Waals surface area contributed by atoms with Crippen LogP contribution in [0.5, 0.6) is 0 Å². The summed E-state index contributed by atoms with van der Waals surface area (Å²) in [5.74, 6) is -1.26. The van der Waals surface area contributed by atoms with Crippen molar-refractivity contribution in [1.29, 1.82) is 0 Å². The number of nitrogens with one attached hydrogen (secondary N) is 1. The zero-order valence-corrected chi connectivity index (χ0v) is 15.5. The third kappa shape index (κ3) is 4.54. The van der Waals surface area contributed by atoms with Gasteiger partial charge in [-0.25, -0.2) is 4.39 Å². The molecule has 0 spiro atoms. The number of methoxy groups -OCH3 is 1. The fourth-order valence-corrected chi connectivity index (χ4v) is 3.18. The van der Waals surface area contributed by atoms with E-state index in [1.807, 2.05) is 0 Å². The van der Waals surface area contributed by atoms with Gasteiger partial charge in [0.25, 0.3) is 5.91 Å². The molecule has 1 aliphatic rings. The molecule has 1 unspecified atom stereocenters. The van der Waals surface area contributed by atoms with Crippen molar-refractivity contribution in [2.75, 3.05) is 18.6 Å². The van der Waals surface area contributed by atoms with E-state index in [0.29, 0.717) is 29.8 Å². The third-order valence-electron chi connectivity index (χ3n) is 4.67. The molecule has 1 atom stereocenters. The summed E-state index contributed by atoms with van der Waals surface area (Å²) < 4.78 is 17.9. The summed E-state index contributed by atoms with van der Waals surface area (Å²) in [6.07, 6.45) is 1.21. The van der Waals surface area contributed by atoms with Gasteiger partial charge in [0, 0.05) is 24.2 Å². The smallest absolute Gasteiger partial charge is 0.307 e. The zero-order valence-electron chi connectivity index (χ0n) is 15.5. The van der Waals surface area contributed by atoms with Crippen molar-refractivity contribution >= 4 is 23.5 Å². The standard InChI is InChI=1S/C21H21FN2O4/c1-28-20(26)13-18(14-7-9-16(22)10-8-14)23-21(27)15-4-2-5-17(12-15)24-11-3-6-19(24)25/h2,4-5,7-10,12,18H,3,6,11,13H2,1H3,(H,23,27). The van der Waals surface area contributed by atoms with Gasteiger partial charge >= 0.3 is 5.97 Å². The van der Waals surface area contributed by atoms with E-state index in [4.69, 9.17) is 4.74 Å². The molecule has 2 aromatic rings. The van der Waals surface area contributed by atoms with E-state index in [9.17, 15) is 18.8 Å². The number of nitrogens with zero attached hydrogens (tertiary/aromatic N) is 1. The highest BCUT2D eigenvalue weighted by Gasteiger charge is 2.23. The molecule has 0 aliphatic carbocycles. The topological polar surface area (TPSA) is 75.7 Å². The molecule has 2 aromatic carbocycles. The molecule has 0 radical (unpaired) electrons. The van der Waals surface area contributed by atoms with Crippen LogP contribution >= 0.6 is 0 Å². The largest absolute Gasteiger partial charge is 0.469 e. The number of carbonyl (C=O) groups is 3. The Labute approximate surface area is 162 Å². The number of esters is 1. The van der Waals surface area contributed by atoms with E-state index in [1.165, 1.54) is 31.4 Å². The molecule has 146 valence electrons. The Morgan fingerprint density at radius 2 is 1.96 bits per heavy atom. The third-order valence-corrected chi connectivity index (χ3v) is 4.67. The van der Waals surface area contributed by atoms with E-state index < -0.39 is 23.7 Å². The summed E-state index contributed by atoms with van der Waals surface area (Å²) in [6.45, 7) is 0.629. The van der Waals surface area contributed by atoms with E-state index >= 15 is 0 Å². The van der Waals surface area contributed by atoms with Gasteiger partial charge in [-0.1, -0.05) is 18.2 Å². The van der Waals surface area contributed by atoms with Gasteiger partial charge in [0.1, 0.15) is 5.82 Å². The molecule has 0 saturated carbocycles. The van der Waals surface area contributed by atoms with Crippen LogP contribution in [-0.4, -0.2) is 31.4 Å². The van der Waals surface area contributed by atoms with E-state index in [0.717, 1.165) is 6.42 Å². The van der Waals surface area contributed by atoms with Gasteiger partial charge in [-0.05, 0) is 42.3 Å². The lowest BCUT2D eigenvalue weighted by Gasteiger charge is -2.20. The Bertz CT molecular complexity index is 882. The number of rotatable bonds is 6. The van der Waals surface area contributed by atoms with E-state index in [2.05, 4.69) is 5.32 Å².